The molecule has 1 saturated carbocycles. The fourth-order valence-corrected chi connectivity index (χ4v) is 2.73. The highest BCUT2D eigenvalue weighted by Gasteiger charge is 2.41. The van der Waals surface area contributed by atoms with E-state index in [0.29, 0.717) is 12.4 Å². The van der Waals surface area contributed by atoms with Gasteiger partial charge in [0, 0.05) is 20.6 Å². The second kappa shape index (κ2) is 5.87. The van der Waals surface area contributed by atoms with E-state index in [0.717, 1.165) is 25.7 Å². The second-order valence-electron chi connectivity index (χ2n) is 5.44. The minimum absolute atomic E-state index is 0.170. The van der Waals surface area contributed by atoms with E-state index in [1.54, 1.807) is 19.0 Å². The van der Waals surface area contributed by atoms with Crippen molar-refractivity contribution < 1.29 is 4.79 Å². The van der Waals surface area contributed by atoms with Gasteiger partial charge in [0.05, 0.1) is 17.8 Å². The average Bonchev–Trinajstić information content (AvgIpc) is 2.94. The van der Waals surface area contributed by atoms with Crippen LogP contribution in [-0.4, -0.2) is 41.4 Å². The predicted molar refractivity (Wildman–Crippen MR) is 74.8 cm³/mol. The maximum Gasteiger partial charge on any atom is 0.230 e. The van der Waals surface area contributed by atoms with Crippen molar-refractivity contribution in [3.05, 3.63) is 18.1 Å². The third kappa shape index (κ3) is 2.87. The van der Waals surface area contributed by atoms with Crippen LogP contribution in [0, 0.1) is 16.7 Å². The van der Waals surface area contributed by atoms with Crippen LogP contribution >= 0.6 is 0 Å². The number of nitriles is 1. The Balaban J connectivity index is 2.06. The Hall–Kier alpha value is -2.16. The summed E-state index contributed by atoms with van der Waals surface area (Å²) < 4.78 is 0. The zero-order valence-corrected chi connectivity index (χ0v) is 11.9. The molecular weight excluding hydrogens is 254 g/mol. The first-order chi connectivity index (χ1) is 9.57. The van der Waals surface area contributed by atoms with Gasteiger partial charge in [-0.05, 0) is 12.8 Å². The maximum absolute atomic E-state index is 12.4. The summed E-state index contributed by atoms with van der Waals surface area (Å²) in [6.45, 7) is 0.560. The Bertz CT molecular complexity index is 511. The first kappa shape index (κ1) is 14.3. The predicted octanol–water partition coefficient (Wildman–Crippen LogP) is 1.41. The zero-order chi connectivity index (χ0) is 14.6. The minimum Gasteiger partial charge on any atom is -0.368 e. The van der Waals surface area contributed by atoms with Gasteiger partial charge < -0.3 is 10.2 Å². The van der Waals surface area contributed by atoms with Gasteiger partial charge in [-0.3, -0.25) is 4.79 Å². The van der Waals surface area contributed by atoms with Crippen molar-refractivity contribution in [3.63, 3.8) is 0 Å². The van der Waals surface area contributed by atoms with Gasteiger partial charge in [-0.15, -0.1) is 0 Å². The first-order valence-electron chi connectivity index (χ1n) is 6.75. The third-order valence-electron chi connectivity index (χ3n) is 3.79. The molecule has 0 aromatic carbocycles. The average molecular weight is 273 g/mol. The molecule has 6 nitrogen and oxygen atoms in total. The Labute approximate surface area is 118 Å². The summed E-state index contributed by atoms with van der Waals surface area (Å²) in [6, 6.07) is 1.93. The molecular formula is C14H19N5O. The van der Waals surface area contributed by atoms with E-state index in [9.17, 15) is 4.79 Å². The Morgan fingerprint density at radius 3 is 2.60 bits per heavy atom. The van der Waals surface area contributed by atoms with Crippen LogP contribution in [0.3, 0.4) is 0 Å². The van der Waals surface area contributed by atoms with Gasteiger partial charge in [0.15, 0.2) is 5.69 Å². The molecule has 2 rings (SSSR count). The molecule has 0 radical (unpaired) electrons. The van der Waals surface area contributed by atoms with Crippen molar-refractivity contribution in [1.82, 2.24) is 14.9 Å². The lowest BCUT2D eigenvalue weighted by atomic mass is 9.84. The van der Waals surface area contributed by atoms with Crippen molar-refractivity contribution >= 4 is 11.7 Å². The number of carbonyl (C=O) groups is 1. The molecule has 1 aliphatic rings. The second-order valence-corrected chi connectivity index (χ2v) is 5.44. The topological polar surface area (TPSA) is 81.9 Å². The number of anilines is 1. The van der Waals surface area contributed by atoms with E-state index in [4.69, 9.17) is 5.26 Å². The molecule has 1 aromatic heterocycles. The van der Waals surface area contributed by atoms with Gasteiger partial charge in [0.25, 0.3) is 0 Å². The van der Waals surface area contributed by atoms with E-state index in [2.05, 4.69) is 15.3 Å². The fourth-order valence-electron chi connectivity index (χ4n) is 2.73. The Morgan fingerprint density at radius 2 is 2.10 bits per heavy atom. The molecule has 0 atom stereocenters. The highest BCUT2D eigenvalue weighted by atomic mass is 16.2. The molecule has 1 N–H and O–H groups in total. The molecule has 1 aromatic rings. The quantitative estimate of drug-likeness (QED) is 0.897. The van der Waals surface area contributed by atoms with Crippen LogP contribution in [0.2, 0.25) is 0 Å². The lowest BCUT2D eigenvalue weighted by Crippen LogP contribution is -2.43. The molecule has 1 fully saturated rings. The van der Waals surface area contributed by atoms with E-state index in [1.165, 1.54) is 12.4 Å². The first-order valence-corrected chi connectivity index (χ1v) is 6.75. The van der Waals surface area contributed by atoms with Crippen LogP contribution in [-0.2, 0) is 4.79 Å². The van der Waals surface area contributed by atoms with Gasteiger partial charge in [0.2, 0.25) is 5.91 Å². The highest BCUT2D eigenvalue weighted by molar-refractivity contribution is 5.83. The van der Waals surface area contributed by atoms with E-state index in [-0.39, 0.29) is 17.0 Å². The summed E-state index contributed by atoms with van der Waals surface area (Å²) in [4.78, 5) is 22.1. The molecule has 0 aliphatic heterocycles. The summed E-state index contributed by atoms with van der Waals surface area (Å²) in [5.74, 6) is 0.769. The van der Waals surface area contributed by atoms with E-state index < -0.39 is 0 Å². The molecule has 1 amide bonds. The van der Waals surface area contributed by atoms with Crippen LogP contribution in [0.5, 0.6) is 0 Å². The molecule has 6 heteroatoms. The van der Waals surface area contributed by atoms with Crippen molar-refractivity contribution in [2.45, 2.75) is 25.7 Å². The number of aromatic nitrogens is 2. The summed E-state index contributed by atoms with van der Waals surface area (Å²) in [5.41, 5.74) is -0.0467. The van der Waals surface area contributed by atoms with Crippen LogP contribution in [0.1, 0.15) is 31.4 Å². The van der Waals surface area contributed by atoms with Gasteiger partial charge >= 0.3 is 0 Å². The minimum atomic E-state index is -0.334. The number of rotatable bonds is 4. The summed E-state index contributed by atoms with van der Waals surface area (Å²) in [5, 5.41) is 11.9. The standard InChI is InChI=1S/C14H19N5O/c1-19(2)13(20)14(5-3-4-6-14)10-18-12-9-16-11(7-15)8-17-12/h8-9H,3-6,10H2,1-2H3,(H,17,18). The Morgan fingerprint density at radius 1 is 1.40 bits per heavy atom. The largest absolute Gasteiger partial charge is 0.368 e. The smallest absolute Gasteiger partial charge is 0.230 e. The van der Waals surface area contributed by atoms with E-state index >= 15 is 0 Å². The number of amides is 1. The highest BCUT2D eigenvalue weighted by Crippen LogP contribution is 2.39. The summed E-state index contributed by atoms with van der Waals surface area (Å²) >= 11 is 0. The molecule has 0 unspecified atom stereocenters. The van der Waals surface area contributed by atoms with Crippen LogP contribution < -0.4 is 5.32 Å². The fraction of sp³-hybridized carbons (Fsp3) is 0.571. The Kier molecular flexibility index (Phi) is 4.18. The molecule has 0 saturated heterocycles. The summed E-state index contributed by atoms with van der Waals surface area (Å²) in [7, 11) is 3.59. The SMILES string of the molecule is CN(C)C(=O)C1(CNc2cnc(C#N)cn2)CCCC1. The number of hydrogen-bond donors (Lipinski definition) is 1. The van der Waals surface area contributed by atoms with Crippen molar-refractivity contribution in [2.24, 2.45) is 5.41 Å². The molecule has 20 heavy (non-hydrogen) atoms. The molecule has 1 heterocycles. The number of hydrogen-bond acceptors (Lipinski definition) is 5. The third-order valence-corrected chi connectivity index (χ3v) is 3.79. The van der Waals surface area contributed by atoms with Gasteiger partial charge in [0.1, 0.15) is 11.9 Å². The van der Waals surface area contributed by atoms with Crippen LogP contribution in [0.25, 0.3) is 0 Å². The van der Waals surface area contributed by atoms with Crippen LogP contribution in [0.15, 0.2) is 12.4 Å². The zero-order valence-electron chi connectivity index (χ0n) is 11.9. The van der Waals surface area contributed by atoms with Crippen molar-refractivity contribution in [3.8, 4) is 6.07 Å². The lowest BCUT2D eigenvalue weighted by molar-refractivity contribution is -0.138. The van der Waals surface area contributed by atoms with Crippen LogP contribution in [0.4, 0.5) is 5.82 Å². The van der Waals surface area contributed by atoms with Crippen molar-refractivity contribution in [2.75, 3.05) is 26.0 Å². The number of carbonyl (C=O) groups excluding carboxylic acids is 1. The van der Waals surface area contributed by atoms with Gasteiger partial charge in [-0.1, -0.05) is 12.8 Å². The summed E-state index contributed by atoms with van der Waals surface area (Å²) in [6.07, 6.45) is 6.93. The maximum atomic E-state index is 12.4. The normalized spacial score (nSPS) is 16.4. The van der Waals surface area contributed by atoms with E-state index in [1.807, 2.05) is 6.07 Å². The molecule has 1 aliphatic carbocycles. The number of nitrogens with zero attached hydrogens (tertiary/aromatic N) is 4. The van der Waals surface area contributed by atoms with Gasteiger partial charge in [-0.25, -0.2) is 9.97 Å². The van der Waals surface area contributed by atoms with Crippen molar-refractivity contribution in [1.29, 1.82) is 5.26 Å². The monoisotopic (exact) mass is 273 g/mol. The molecule has 106 valence electrons. The molecule has 0 bridgehead atoms. The number of nitrogens with one attached hydrogen (secondary N) is 1. The van der Waals surface area contributed by atoms with Gasteiger partial charge in [-0.2, -0.15) is 5.26 Å². The molecule has 0 spiro atoms. The lowest BCUT2D eigenvalue weighted by Gasteiger charge is -2.30.